The molecule has 0 radical (unpaired) electrons. The van der Waals surface area contributed by atoms with Crippen LogP contribution < -0.4 is 5.73 Å². The van der Waals surface area contributed by atoms with Crippen LogP contribution in [0.3, 0.4) is 0 Å². The molecule has 2 N–H and O–H groups in total. The number of nitrogens with two attached hydrogens (primary N) is 1. The molecule has 0 heterocycles. The van der Waals surface area contributed by atoms with E-state index in [1.165, 1.54) is 32.1 Å². The number of hydrogen-bond donors (Lipinski definition) is 1. The van der Waals surface area contributed by atoms with E-state index in [1.54, 1.807) is 0 Å². The lowest BCUT2D eigenvalue weighted by molar-refractivity contribution is 0.331. The fourth-order valence-corrected chi connectivity index (χ4v) is 1.34. The fraction of sp³-hybridized carbons (Fsp3) is 1.00. The summed E-state index contributed by atoms with van der Waals surface area (Å²) in [6.07, 6.45) is 6.60. The molecule has 0 bridgehead atoms. The molecule has 1 nitrogen and oxygen atoms in total. The maximum atomic E-state index is 5.78. The molecule has 1 heteroatoms. The minimum atomic E-state index is 0.503. The van der Waals surface area contributed by atoms with E-state index in [0.29, 0.717) is 6.04 Å². The summed E-state index contributed by atoms with van der Waals surface area (Å²) in [5, 5.41) is 0. The average Bonchev–Trinajstić information content (AvgIpc) is 1.97. The first-order valence-electron chi connectivity index (χ1n) is 4.97. The molecule has 1 fully saturated rings. The molecule has 0 aliphatic heterocycles. The van der Waals surface area contributed by atoms with Crippen molar-refractivity contribution in [3.05, 3.63) is 0 Å². The first-order valence-corrected chi connectivity index (χ1v) is 4.97. The molecule has 0 saturated heterocycles. The highest BCUT2D eigenvalue weighted by Crippen LogP contribution is 2.21. The van der Waals surface area contributed by atoms with Crippen LogP contribution in [0.15, 0.2) is 0 Å². The van der Waals surface area contributed by atoms with Gasteiger partial charge in [-0.3, -0.25) is 0 Å². The average molecular weight is 157 g/mol. The minimum Gasteiger partial charge on any atom is -0.327 e. The maximum absolute atomic E-state index is 5.78. The molecule has 1 aliphatic rings. The fourth-order valence-electron chi connectivity index (χ4n) is 1.34. The first-order chi connectivity index (χ1) is 5.22. The highest BCUT2D eigenvalue weighted by atomic mass is 14.6. The van der Waals surface area contributed by atoms with Gasteiger partial charge in [-0.1, -0.05) is 40.0 Å². The molecular weight excluding hydrogens is 134 g/mol. The zero-order valence-electron chi connectivity index (χ0n) is 8.27. The van der Waals surface area contributed by atoms with Crippen LogP contribution in [0.25, 0.3) is 0 Å². The van der Waals surface area contributed by atoms with Gasteiger partial charge in [0, 0.05) is 6.04 Å². The molecule has 2 atom stereocenters. The topological polar surface area (TPSA) is 26.0 Å². The van der Waals surface area contributed by atoms with E-state index >= 15 is 0 Å². The van der Waals surface area contributed by atoms with Crippen LogP contribution in [0.5, 0.6) is 0 Å². The van der Waals surface area contributed by atoms with Crippen molar-refractivity contribution in [1.82, 2.24) is 0 Å². The minimum absolute atomic E-state index is 0.503. The van der Waals surface area contributed by atoms with E-state index < -0.39 is 0 Å². The Morgan fingerprint density at radius 3 is 1.91 bits per heavy atom. The molecule has 0 aromatic carbocycles. The van der Waals surface area contributed by atoms with Gasteiger partial charge in [0.2, 0.25) is 0 Å². The first kappa shape index (κ1) is 11.0. The molecule has 0 aromatic rings. The third-order valence-corrected chi connectivity index (χ3v) is 2.18. The third-order valence-electron chi connectivity index (χ3n) is 2.18. The monoisotopic (exact) mass is 157 g/mol. The lowest BCUT2D eigenvalue weighted by Gasteiger charge is -2.24. The van der Waals surface area contributed by atoms with E-state index in [4.69, 9.17) is 5.73 Å². The van der Waals surface area contributed by atoms with E-state index in [0.717, 1.165) is 5.92 Å². The van der Waals surface area contributed by atoms with E-state index in [1.807, 2.05) is 0 Å². The summed E-state index contributed by atoms with van der Waals surface area (Å²) in [7, 11) is 0. The normalized spacial score (nSPS) is 30.5. The van der Waals surface area contributed by atoms with Crippen LogP contribution in [-0.2, 0) is 0 Å². The van der Waals surface area contributed by atoms with Gasteiger partial charge in [-0.15, -0.1) is 0 Å². The lowest BCUT2D eigenvalue weighted by atomic mass is 9.87. The molecule has 0 unspecified atom stereocenters. The van der Waals surface area contributed by atoms with Gasteiger partial charge in [-0.2, -0.15) is 0 Å². The van der Waals surface area contributed by atoms with Crippen molar-refractivity contribution in [2.45, 2.75) is 58.9 Å². The predicted octanol–water partition coefficient (Wildman–Crippen LogP) is 2.94. The third kappa shape index (κ3) is 5.25. The van der Waals surface area contributed by atoms with Gasteiger partial charge < -0.3 is 5.73 Å². The SMILES string of the molecule is CCC.C[C@H]1CCCC[C@@H]1N. The van der Waals surface area contributed by atoms with Gasteiger partial charge in [0.05, 0.1) is 0 Å². The van der Waals surface area contributed by atoms with Gasteiger partial charge in [-0.05, 0) is 18.8 Å². The Kier molecular flexibility index (Phi) is 6.63. The Bertz CT molecular complexity index is 70.9. The van der Waals surface area contributed by atoms with Crippen molar-refractivity contribution in [3.63, 3.8) is 0 Å². The van der Waals surface area contributed by atoms with E-state index in [2.05, 4.69) is 20.8 Å². The van der Waals surface area contributed by atoms with Crippen molar-refractivity contribution >= 4 is 0 Å². The molecular formula is C10H23N. The number of rotatable bonds is 0. The summed E-state index contributed by atoms with van der Waals surface area (Å²) in [5.41, 5.74) is 5.78. The molecule has 0 aromatic heterocycles. The van der Waals surface area contributed by atoms with Crippen LogP contribution in [-0.4, -0.2) is 6.04 Å². The molecule has 0 spiro atoms. The molecule has 0 amide bonds. The lowest BCUT2D eigenvalue weighted by Crippen LogP contribution is -2.30. The zero-order valence-corrected chi connectivity index (χ0v) is 8.27. The summed E-state index contributed by atoms with van der Waals surface area (Å²) in [4.78, 5) is 0. The van der Waals surface area contributed by atoms with Crippen LogP contribution in [0.4, 0.5) is 0 Å². The second-order valence-electron chi connectivity index (χ2n) is 3.63. The molecule has 1 saturated carbocycles. The van der Waals surface area contributed by atoms with Crippen LogP contribution in [0, 0.1) is 5.92 Å². The maximum Gasteiger partial charge on any atom is 0.00645 e. The largest absolute Gasteiger partial charge is 0.327 e. The molecule has 68 valence electrons. The predicted molar refractivity (Wildman–Crippen MR) is 51.6 cm³/mol. The standard InChI is InChI=1S/C7H15N.C3H8/c1-6-4-2-3-5-7(6)8;1-3-2/h6-7H,2-5,8H2,1H3;3H2,1-2H3/t6-,7-;/m0./s1. The van der Waals surface area contributed by atoms with Gasteiger partial charge in [0.25, 0.3) is 0 Å². The Balaban J connectivity index is 0.000000292. The summed E-state index contributed by atoms with van der Waals surface area (Å²) in [6, 6.07) is 0.503. The van der Waals surface area contributed by atoms with Crippen molar-refractivity contribution in [2.24, 2.45) is 11.7 Å². The molecule has 1 aliphatic carbocycles. The van der Waals surface area contributed by atoms with Crippen LogP contribution >= 0.6 is 0 Å². The van der Waals surface area contributed by atoms with Crippen molar-refractivity contribution < 1.29 is 0 Å². The Hall–Kier alpha value is -0.0400. The highest BCUT2D eigenvalue weighted by Gasteiger charge is 2.15. The quantitative estimate of drug-likeness (QED) is 0.575. The second kappa shape index (κ2) is 6.66. The smallest absolute Gasteiger partial charge is 0.00645 e. The molecule has 1 rings (SSSR count). The van der Waals surface area contributed by atoms with Crippen molar-refractivity contribution in [1.29, 1.82) is 0 Å². The Morgan fingerprint density at radius 1 is 1.18 bits per heavy atom. The van der Waals surface area contributed by atoms with Crippen molar-refractivity contribution in [2.75, 3.05) is 0 Å². The second-order valence-corrected chi connectivity index (χ2v) is 3.63. The Morgan fingerprint density at radius 2 is 1.64 bits per heavy atom. The summed E-state index contributed by atoms with van der Waals surface area (Å²) in [6.45, 7) is 6.50. The van der Waals surface area contributed by atoms with Crippen molar-refractivity contribution in [3.8, 4) is 0 Å². The molecule has 11 heavy (non-hydrogen) atoms. The van der Waals surface area contributed by atoms with Gasteiger partial charge in [0.15, 0.2) is 0 Å². The Labute approximate surface area is 71.4 Å². The van der Waals surface area contributed by atoms with Gasteiger partial charge in [0.1, 0.15) is 0 Å². The highest BCUT2D eigenvalue weighted by molar-refractivity contribution is 4.73. The van der Waals surface area contributed by atoms with E-state index in [-0.39, 0.29) is 0 Å². The van der Waals surface area contributed by atoms with E-state index in [9.17, 15) is 0 Å². The van der Waals surface area contributed by atoms with Crippen LogP contribution in [0.2, 0.25) is 0 Å². The summed E-state index contributed by atoms with van der Waals surface area (Å²) < 4.78 is 0. The van der Waals surface area contributed by atoms with Gasteiger partial charge >= 0.3 is 0 Å². The summed E-state index contributed by atoms with van der Waals surface area (Å²) in [5.74, 6) is 0.781. The number of hydrogen-bond acceptors (Lipinski definition) is 1. The van der Waals surface area contributed by atoms with Gasteiger partial charge in [-0.25, -0.2) is 0 Å². The summed E-state index contributed by atoms with van der Waals surface area (Å²) >= 11 is 0. The van der Waals surface area contributed by atoms with Crippen LogP contribution in [0.1, 0.15) is 52.9 Å². The zero-order chi connectivity index (χ0) is 8.69.